The Labute approximate surface area is 50.8 Å². The summed E-state index contributed by atoms with van der Waals surface area (Å²) in [6.45, 7) is 3.97. The molecule has 1 unspecified atom stereocenters. The summed E-state index contributed by atoms with van der Waals surface area (Å²) in [7, 11) is 1.79. The summed E-state index contributed by atoms with van der Waals surface area (Å²) in [5.41, 5.74) is 6.61. The van der Waals surface area contributed by atoms with Crippen molar-refractivity contribution in [3.63, 3.8) is 0 Å². The Morgan fingerprint density at radius 2 is 2.25 bits per heavy atom. The van der Waals surface area contributed by atoms with Crippen LogP contribution in [0.1, 0.15) is 20.3 Å². The van der Waals surface area contributed by atoms with Gasteiger partial charge in [0.2, 0.25) is 0 Å². The Kier molecular flexibility index (Phi) is 3.44. The Morgan fingerprint density at radius 3 is 2.38 bits per heavy atom. The van der Waals surface area contributed by atoms with Gasteiger partial charge < -0.3 is 5.73 Å². The number of rotatable bonds is 2. The van der Waals surface area contributed by atoms with Gasteiger partial charge in [-0.3, -0.25) is 4.99 Å². The monoisotopic (exact) mass is 114 g/mol. The molecule has 0 aromatic heterocycles. The van der Waals surface area contributed by atoms with Gasteiger partial charge in [0.25, 0.3) is 0 Å². The lowest BCUT2D eigenvalue weighted by molar-refractivity contribution is 0.776. The Morgan fingerprint density at radius 1 is 1.75 bits per heavy atom. The molecule has 0 fully saturated rings. The fourth-order valence-corrected chi connectivity index (χ4v) is 0.557. The quantitative estimate of drug-likeness (QED) is 0.530. The maximum atomic E-state index is 5.49. The van der Waals surface area contributed by atoms with Gasteiger partial charge in [-0.25, -0.2) is 0 Å². The summed E-state index contributed by atoms with van der Waals surface area (Å²) < 4.78 is 0. The van der Waals surface area contributed by atoms with E-state index in [9.17, 15) is 0 Å². The fraction of sp³-hybridized carbons (Fsp3) is 0.833. The molecule has 0 aliphatic rings. The van der Waals surface area contributed by atoms with Crippen molar-refractivity contribution in [2.24, 2.45) is 10.7 Å². The largest absolute Gasteiger partial charge is 0.328 e. The van der Waals surface area contributed by atoms with Crippen molar-refractivity contribution < 1.29 is 0 Å². The summed E-state index contributed by atoms with van der Waals surface area (Å²) in [6.07, 6.45) is 0.913. The predicted octanol–water partition coefficient (Wildman–Crippen LogP) is 0.814. The van der Waals surface area contributed by atoms with Gasteiger partial charge in [0, 0.05) is 18.8 Å². The van der Waals surface area contributed by atoms with Gasteiger partial charge in [-0.15, -0.1) is 0 Å². The first kappa shape index (κ1) is 7.63. The van der Waals surface area contributed by atoms with Crippen LogP contribution in [0.15, 0.2) is 4.99 Å². The average molecular weight is 114 g/mol. The average Bonchev–Trinajstić information content (AvgIpc) is 1.65. The van der Waals surface area contributed by atoms with E-state index in [1.54, 1.807) is 7.05 Å². The van der Waals surface area contributed by atoms with Crippen LogP contribution < -0.4 is 5.73 Å². The van der Waals surface area contributed by atoms with Crippen LogP contribution in [-0.4, -0.2) is 18.8 Å². The smallest absolute Gasteiger partial charge is 0.0276 e. The van der Waals surface area contributed by atoms with Crippen LogP contribution in [0.5, 0.6) is 0 Å². The number of hydrogen-bond donors (Lipinski definition) is 1. The van der Waals surface area contributed by atoms with Crippen LogP contribution in [0.25, 0.3) is 0 Å². The van der Waals surface area contributed by atoms with Crippen molar-refractivity contribution in [2.75, 3.05) is 7.05 Å². The molecule has 0 saturated carbocycles. The van der Waals surface area contributed by atoms with Crippen LogP contribution in [0, 0.1) is 0 Å². The van der Waals surface area contributed by atoms with Crippen molar-refractivity contribution in [3.8, 4) is 0 Å². The number of nitrogens with zero attached hydrogens (tertiary/aromatic N) is 1. The Bertz CT molecular complexity index is 84.5. The molecule has 48 valence electrons. The number of aliphatic imine (C=N–C) groups is 1. The van der Waals surface area contributed by atoms with E-state index in [2.05, 4.69) is 4.99 Å². The lowest BCUT2D eigenvalue weighted by atomic mass is 10.2. The third-order valence-electron chi connectivity index (χ3n) is 0.999. The van der Waals surface area contributed by atoms with Crippen LogP contribution >= 0.6 is 0 Å². The highest BCUT2D eigenvalue weighted by Crippen LogP contribution is 1.88. The summed E-state index contributed by atoms with van der Waals surface area (Å²) in [5.74, 6) is 0. The van der Waals surface area contributed by atoms with Crippen LogP contribution in [0.2, 0.25) is 0 Å². The maximum absolute atomic E-state index is 5.49. The topological polar surface area (TPSA) is 38.4 Å². The Hall–Kier alpha value is -0.370. The second-order valence-corrected chi connectivity index (χ2v) is 2.14. The highest BCUT2D eigenvalue weighted by atomic mass is 14.7. The van der Waals surface area contributed by atoms with Gasteiger partial charge in [-0.05, 0) is 20.3 Å². The molecular formula is C6H14N2. The van der Waals surface area contributed by atoms with E-state index in [0.29, 0.717) is 0 Å². The highest BCUT2D eigenvalue weighted by molar-refractivity contribution is 5.82. The summed E-state index contributed by atoms with van der Waals surface area (Å²) in [6, 6.07) is 0.249. The van der Waals surface area contributed by atoms with E-state index < -0.39 is 0 Å². The van der Waals surface area contributed by atoms with E-state index in [4.69, 9.17) is 5.73 Å². The predicted molar refractivity (Wildman–Crippen MR) is 37.3 cm³/mol. The molecule has 0 rings (SSSR count). The minimum atomic E-state index is 0.249. The second kappa shape index (κ2) is 3.61. The first-order chi connectivity index (χ1) is 3.66. The van der Waals surface area contributed by atoms with Gasteiger partial charge in [-0.1, -0.05) is 0 Å². The van der Waals surface area contributed by atoms with Crippen molar-refractivity contribution >= 4 is 5.71 Å². The van der Waals surface area contributed by atoms with Crippen molar-refractivity contribution in [1.29, 1.82) is 0 Å². The number of nitrogens with two attached hydrogens (primary N) is 1. The highest BCUT2D eigenvalue weighted by Gasteiger charge is 1.93. The normalized spacial score (nSPS) is 16.2. The lowest BCUT2D eigenvalue weighted by Crippen LogP contribution is -2.17. The molecule has 8 heavy (non-hydrogen) atoms. The molecular weight excluding hydrogens is 100 g/mol. The van der Waals surface area contributed by atoms with Gasteiger partial charge in [0.1, 0.15) is 0 Å². The van der Waals surface area contributed by atoms with Gasteiger partial charge in [-0.2, -0.15) is 0 Å². The van der Waals surface area contributed by atoms with E-state index in [0.717, 1.165) is 12.1 Å². The maximum Gasteiger partial charge on any atom is 0.0276 e. The molecule has 0 radical (unpaired) electrons. The standard InChI is InChI=1S/C6H14N2/c1-5(7)4-6(2)8-3/h5H,4,7H2,1-3H3. The number of hydrogen-bond acceptors (Lipinski definition) is 2. The Balaban J connectivity index is 3.39. The molecule has 0 amide bonds. The van der Waals surface area contributed by atoms with Crippen molar-refractivity contribution in [1.82, 2.24) is 0 Å². The molecule has 0 spiro atoms. The molecule has 0 aromatic rings. The molecule has 0 bridgehead atoms. The van der Waals surface area contributed by atoms with E-state index in [1.807, 2.05) is 13.8 Å². The van der Waals surface area contributed by atoms with Crippen LogP contribution in [0.3, 0.4) is 0 Å². The SMILES string of the molecule is CN=C(C)CC(C)N. The summed E-state index contributed by atoms with van der Waals surface area (Å²) >= 11 is 0. The van der Waals surface area contributed by atoms with Gasteiger partial charge in [0.05, 0.1) is 0 Å². The molecule has 0 aliphatic carbocycles. The zero-order chi connectivity index (χ0) is 6.57. The minimum absolute atomic E-state index is 0.249. The van der Waals surface area contributed by atoms with Crippen molar-refractivity contribution in [3.05, 3.63) is 0 Å². The summed E-state index contributed by atoms with van der Waals surface area (Å²) in [4.78, 5) is 3.97. The van der Waals surface area contributed by atoms with E-state index in [1.165, 1.54) is 0 Å². The molecule has 0 heterocycles. The molecule has 2 nitrogen and oxygen atoms in total. The summed E-state index contributed by atoms with van der Waals surface area (Å²) in [5, 5.41) is 0. The fourth-order valence-electron chi connectivity index (χ4n) is 0.557. The zero-order valence-electron chi connectivity index (χ0n) is 5.81. The lowest BCUT2D eigenvalue weighted by Gasteiger charge is -2.01. The molecule has 0 saturated heterocycles. The van der Waals surface area contributed by atoms with Crippen LogP contribution in [-0.2, 0) is 0 Å². The van der Waals surface area contributed by atoms with E-state index in [-0.39, 0.29) is 6.04 Å². The van der Waals surface area contributed by atoms with Crippen molar-refractivity contribution in [2.45, 2.75) is 26.3 Å². The van der Waals surface area contributed by atoms with Gasteiger partial charge in [0.15, 0.2) is 0 Å². The minimum Gasteiger partial charge on any atom is -0.328 e. The third kappa shape index (κ3) is 3.81. The van der Waals surface area contributed by atoms with Crippen LogP contribution in [0.4, 0.5) is 0 Å². The molecule has 1 atom stereocenters. The molecule has 0 aliphatic heterocycles. The third-order valence-corrected chi connectivity index (χ3v) is 0.999. The van der Waals surface area contributed by atoms with E-state index >= 15 is 0 Å². The van der Waals surface area contributed by atoms with Gasteiger partial charge >= 0.3 is 0 Å². The first-order valence-electron chi connectivity index (χ1n) is 2.84. The molecule has 2 heteroatoms. The first-order valence-corrected chi connectivity index (χ1v) is 2.84. The molecule has 0 aromatic carbocycles. The molecule has 2 N–H and O–H groups in total. The second-order valence-electron chi connectivity index (χ2n) is 2.14. The zero-order valence-corrected chi connectivity index (χ0v) is 5.81.